The summed E-state index contributed by atoms with van der Waals surface area (Å²) < 4.78 is 2.00. The molecule has 3 heterocycles. The second-order valence-corrected chi connectivity index (χ2v) is 4.99. The van der Waals surface area contributed by atoms with E-state index in [1.807, 2.05) is 40.4 Å². The molecule has 0 aromatic carbocycles. The molecule has 0 amide bonds. The molecule has 0 spiro atoms. The first-order chi connectivity index (χ1) is 8.84. The molecule has 0 radical (unpaired) electrons. The minimum absolute atomic E-state index is 0.131. The number of rotatable bonds is 4. The maximum Gasteiger partial charge on any atom is 0.160 e. The van der Waals surface area contributed by atoms with Crippen LogP contribution >= 0.6 is 11.3 Å². The van der Waals surface area contributed by atoms with E-state index in [1.54, 1.807) is 11.3 Å². The molecule has 0 saturated carbocycles. The van der Waals surface area contributed by atoms with Crippen LogP contribution in [0.3, 0.4) is 0 Å². The van der Waals surface area contributed by atoms with Crippen LogP contribution in [0.15, 0.2) is 36.0 Å². The van der Waals surface area contributed by atoms with Gasteiger partial charge < -0.3 is 5.32 Å². The fourth-order valence-electron chi connectivity index (χ4n) is 1.83. The number of hydrogen-bond acceptors (Lipinski definition) is 5. The second-order valence-electron chi connectivity index (χ2n) is 4.02. The van der Waals surface area contributed by atoms with Gasteiger partial charge in [-0.25, -0.2) is 4.98 Å². The van der Waals surface area contributed by atoms with Gasteiger partial charge in [0.1, 0.15) is 5.01 Å². The van der Waals surface area contributed by atoms with Gasteiger partial charge in [-0.1, -0.05) is 6.07 Å². The van der Waals surface area contributed by atoms with E-state index in [-0.39, 0.29) is 6.04 Å². The molecule has 3 aromatic rings. The number of nitrogens with zero attached hydrogens (tertiary/aromatic N) is 4. The van der Waals surface area contributed by atoms with E-state index >= 15 is 0 Å². The van der Waals surface area contributed by atoms with Crippen LogP contribution in [0.1, 0.15) is 23.8 Å². The molecule has 3 rings (SSSR count). The highest BCUT2D eigenvalue weighted by molar-refractivity contribution is 7.09. The van der Waals surface area contributed by atoms with Crippen LogP contribution in [0.5, 0.6) is 0 Å². The average Bonchev–Trinajstić information content (AvgIpc) is 3.05. The third-order valence-electron chi connectivity index (χ3n) is 2.77. The zero-order chi connectivity index (χ0) is 12.4. The largest absolute Gasteiger partial charge is 0.301 e. The van der Waals surface area contributed by atoms with Crippen molar-refractivity contribution in [3.63, 3.8) is 0 Å². The molecule has 0 aliphatic heterocycles. The Hall–Kier alpha value is -1.79. The molecule has 1 unspecified atom stereocenters. The summed E-state index contributed by atoms with van der Waals surface area (Å²) >= 11 is 1.65. The third-order valence-corrected chi connectivity index (χ3v) is 3.55. The molecule has 0 saturated heterocycles. The van der Waals surface area contributed by atoms with Gasteiger partial charge in [0.15, 0.2) is 11.5 Å². The highest BCUT2D eigenvalue weighted by Gasteiger charge is 2.12. The maximum atomic E-state index is 4.25. The van der Waals surface area contributed by atoms with Crippen molar-refractivity contribution in [3.8, 4) is 0 Å². The number of hydrogen-bond donors (Lipinski definition) is 1. The van der Waals surface area contributed by atoms with Gasteiger partial charge in [0.25, 0.3) is 0 Å². The summed E-state index contributed by atoms with van der Waals surface area (Å²) in [6, 6.07) is 6.02. The molecule has 92 valence electrons. The summed E-state index contributed by atoms with van der Waals surface area (Å²) in [6.45, 7) is 2.83. The van der Waals surface area contributed by atoms with Gasteiger partial charge in [-0.05, 0) is 19.1 Å². The lowest BCUT2D eigenvalue weighted by atomic mass is 10.3. The van der Waals surface area contributed by atoms with Crippen LogP contribution in [-0.2, 0) is 6.54 Å². The monoisotopic (exact) mass is 259 g/mol. The lowest BCUT2D eigenvalue weighted by Gasteiger charge is -2.10. The Balaban J connectivity index is 1.77. The lowest BCUT2D eigenvalue weighted by molar-refractivity contribution is 0.540. The van der Waals surface area contributed by atoms with Crippen molar-refractivity contribution >= 4 is 17.0 Å². The molecule has 1 N–H and O–H groups in total. The van der Waals surface area contributed by atoms with Crippen molar-refractivity contribution < 1.29 is 0 Å². The predicted molar refractivity (Wildman–Crippen MR) is 70.4 cm³/mol. The molecule has 0 aliphatic carbocycles. The normalized spacial score (nSPS) is 12.9. The fraction of sp³-hybridized carbons (Fsp3) is 0.250. The molecule has 1 atom stereocenters. The van der Waals surface area contributed by atoms with E-state index in [0.717, 1.165) is 23.0 Å². The smallest absolute Gasteiger partial charge is 0.160 e. The Morgan fingerprint density at radius 2 is 2.33 bits per heavy atom. The zero-order valence-electron chi connectivity index (χ0n) is 9.95. The van der Waals surface area contributed by atoms with Gasteiger partial charge in [-0.2, -0.15) is 0 Å². The second kappa shape index (κ2) is 4.83. The van der Waals surface area contributed by atoms with Gasteiger partial charge in [0, 0.05) is 24.3 Å². The first kappa shape index (κ1) is 11.3. The fourth-order valence-corrected chi connectivity index (χ4v) is 2.39. The Morgan fingerprint density at radius 3 is 3.17 bits per heavy atom. The van der Waals surface area contributed by atoms with Crippen molar-refractivity contribution in [1.82, 2.24) is 24.9 Å². The topological polar surface area (TPSA) is 55.1 Å². The van der Waals surface area contributed by atoms with Crippen LogP contribution in [0.25, 0.3) is 5.65 Å². The first-order valence-corrected chi connectivity index (χ1v) is 6.64. The van der Waals surface area contributed by atoms with Gasteiger partial charge in [-0.3, -0.25) is 4.40 Å². The molecule has 5 nitrogen and oxygen atoms in total. The lowest BCUT2D eigenvalue weighted by Crippen LogP contribution is -2.20. The summed E-state index contributed by atoms with van der Waals surface area (Å²) in [5.74, 6) is 0.919. The van der Waals surface area contributed by atoms with E-state index in [1.165, 1.54) is 0 Å². The minimum Gasteiger partial charge on any atom is -0.301 e. The van der Waals surface area contributed by atoms with Crippen LogP contribution in [0.4, 0.5) is 0 Å². The van der Waals surface area contributed by atoms with Crippen molar-refractivity contribution in [1.29, 1.82) is 0 Å². The maximum absolute atomic E-state index is 4.25. The number of nitrogens with one attached hydrogen (secondary N) is 1. The van der Waals surface area contributed by atoms with Crippen LogP contribution in [0, 0.1) is 0 Å². The number of fused-ring (bicyclic) bond motifs is 1. The van der Waals surface area contributed by atoms with Crippen molar-refractivity contribution in [3.05, 3.63) is 46.8 Å². The molecule has 18 heavy (non-hydrogen) atoms. The van der Waals surface area contributed by atoms with E-state index in [0.29, 0.717) is 0 Å². The predicted octanol–water partition coefficient (Wildman–Crippen LogP) is 2.04. The zero-order valence-corrected chi connectivity index (χ0v) is 10.8. The van der Waals surface area contributed by atoms with E-state index in [2.05, 4.69) is 27.4 Å². The summed E-state index contributed by atoms with van der Waals surface area (Å²) in [4.78, 5) is 4.25. The van der Waals surface area contributed by atoms with E-state index in [9.17, 15) is 0 Å². The van der Waals surface area contributed by atoms with Gasteiger partial charge >= 0.3 is 0 Å². The van der Waals surface area contributed by atoms with Crippen LogP contribution in [0.2, 0.25) is 0 Å². The van der Waals surface area contributed by atoms with E-state index in [4.69, 9.17) is 0 Å². The molecule has 3 aromatic heterocycles. The highest BCUT2D eigenvalue weighted by Crippen LogP contribution is 2.13. The standard InChI is InChI=1S/C12H13N5S/c1-9(14-8-11-13-5-7-18-11)12-16-15-10-4-2-3-6-17(10)12/h2-7,9,14H,8H2,1H3. The summed E-state index contributed by atoms with van der Waals surface area (Å²) in [5.41, 5.74) is 0.871. The SMILES string of the molecule is CC(NCc1nccs1)c1nnc2ccccn12. The number of thiazole rings is 1. The van der Waals surface area contributed by atoms with Crippen molar-refractivity contribution in [2.45, 2.75) is 19.5 Å². The Bertz CT molecular complexity index is 631. The molecular formula is C12H13N5S. The van der Waals surface area contributed by atoms with Gasteiger partial charge in [0.05, 0.1) is 6.04 Å². The number of aromatic nitrogens is 4. The Labute approximate surface area is 109 Å². The Kier molecular flexibility index (Phi) is 3.04. The molecule has 0 aliphatic rings. The first-order valence-electron chi connectivity index (χ1n) is 5.76. The van der Waals surface area contributed by atoms with E-state index < -0.39 is 0 Å². The summed E-state index contributed by atoms with van der Waals surface area (Å²) in [7, 11) is 0. The van der Waals surface area contributed by atoms with Crippen molar-refractivity contribution in [2.75, 3.05) is 0 Å². The minimum atomic E-state index is 0.131. The molecular weight excluding hydrogens is 246 g/mol. The Morgan fingerprint density at radius 1 is 1.39 bits per heavy atom. The highest BCUT2D eigenvalue weighted by atomic mass is 32.1. The van der Waals surface area contributed by atoms with Crippen LogP contribution in [-0.4, -0.2) is 19.6 Å². The summed E-state index contributed by atoms with van der Waals surface area (Å²) in [5, 5.41) is 14.8. The van der Waals surface area contributed by atoms with Crippen LogP contribution < -0.4 is 5.32 Å². The third kappa shape index (κ3) is 2.12. The molecule has 0 bridgehead atoms. The molecule has 6 heteroatoms. The quantitative estimate of drug-likeness (QED) is 0.779. The van der Waals surface area contributed by atoms with Crippen molar-refractivity contribution in [2.24, 2.45) is 0 Å². The molecule has 0 fully saturated rings. The van der Waals surface area contributed by atoms with Gasteiger partial charge in [0.2, 0.25) is 0 Å². The average molecular weight is 259 g/mol. The number of pyridine rings is 1. The summed E-state index contributed by atoms with van der Waals surface area (Å²) in [6.07, 6.45) is 3.80. The van der Waals surface area contributed by atoms with Gasteiger partial charge in [-0.15, -0.1) is 21.5 Å².